The molecule has 2 aromatic carbocycles. The molecule has 2 aromatic heterocycles. The maximum Gasteiger partial charge on any atom is 0.244 e. The van der Waals surface area contributed by atoms with Crippen molar-refractivity contribution in [3.63, 3.8) is 0 Å². The lowest BCUT2D eigenvalue weighted by Gasteiger charge is -2.36. The first-order valence-corrected chi connectivity index (χ1v) is 11.9. The van der Waals surface area contributed by atoms with E-state index in [0.29, 0.717) is 43.6 Å². The highest BCUT2D eigenvalue weighted by molar-refractivity contribution is 7.89. The molecule has 0 spiro atoms. The van der Waals surface area contributed by atoms with E-state index in [1.165, 1.54) is 15.3 Å². The van der Waals surface area contributed by atoms with E-state index in [2.05, 4.69) is 30.6 Å². The number of hydrogen-bond donors (Lipinski definition) is 0. The minimum absolute atomic E-state index is 0.122. The topological polar surface area (TPSA) is 123 Å². The van der Waals surface area contributed by atoms with Gasteiger partial charge in [-0.15, -0.1) is 5.10 Å². The summed E-state index contributed by atoms with van der Waals surface area (Å²) in [7, 11) is -3.65. The number of tetrazole rings is 1. The smallest absolute Gasteiger partial charge is 0.244 e. The molecule has 1 atom stereocenters. The van der Waals surface area contributed by atoms with Gasteiger partial charge in [0.1, 0.15) is 6.33 Å². The molecule has 1 aliphatic rings. The summed E-state index contributed by atoms with van der Waals surface area (Å²) in [5.41, 5.74) is 1.47. The average Bonchev–Trinajstić information content (AvgIpc) is 3.57. The predicted molar refractivity (Wildman–Crippen MR) is 118 cm³/mol. The number of rotatable bonds is 6. The first-order chi connectivity index (χ1) is 16.0. The molecule has 1 unspecified atom stereocenters. The van der Waals surface area contributed by atoms with Gasteiger partial charge in [-0.3, -0.25) is 4.90 Å². The molecule has 0 bridgehead atoms. The predicted octanol–water partition coefficient (Wildman–Crippen LogP) is 1.78. The van der Waals surface area contributed by atoms with Crippen LogP contribution in [0.4, 0.5) is 0 Å². The van der Waals surface area contributed by atoms with Crippen molar-refractivity contribution in [3.05, 3.63) is 66.8 Å². The second-order valence-corrected chi connectivity index (χ2v) is 9.63. The summed E-state index contributed by atoms with van der Waals surface area (Å²) in [6, 6.07) is 16.1. The molecule has 33 heavy (non-hydrogen) atoms. The molecule has 1 aliphatic heterocycles. The third-order valence-electron chi connectivity index (χ3n) is 5.72. The van der Waals surface area contributed by atoms with E-state index < -0.39 is 10.0 Å². The van der Waals surface area contributed by atoms with E-state index in [0.717, 1.165) is 5.56 Å². The highest BCUT2D eigenvalue weighted by Crippen LogP contribution is 2.25. The molecule has 0 amide bonds. The van der Waals surface area contributed by atoms with Gasteiger partial charge in [0.05, 0.1) is 16.6 Å². The summed E-state index contributed by atoms with van der Waals surface area (Å²) in [5.74, 6) is 1.06. The van der Waals surface area contributed by atoms with Gasteiger partial charge in [-0.2, -0.15) is 9.29 Å². The van der Waals surface area contributed by atoms with Crippen LogP contribution in [0.15, 0.2) is 70.3 Å². The molecule has 5 rings (SSSR count). The van der Waals surface area contributed by atoms with Gasteiger partial charge in [0.15, 0.2) is 0 Å². The van der Waals surface area contributed by atoms with Crippen molar-refractivity contribution in [3.8, 4) is 17.1 Å². The van der Waals surface area contributed by atoms with Gasteiger partial charge in [0.25, 0.3) is 0 Å². The zero-order valence-corrected chi connectivity index (χ0v) is 18.7. The third-order valence-corrected chi connectivity index (χ3v) is 7.62. The Morgan fingerprint density at radius 2 is 1.79 bits per heavy atom. The molecule has 170 valence electrons. The van der Waals surface area contributed by atoms with E-state index in [1.807, 2.05) is 37.3 Å². The summed E-state index contributed by atoms with van der Waals surface area (Å²) in [6.07, 6.45) is 1.42. The van der Waals surface area contributed by atoms with Crippen LogP contribution in [0, 0.1) is 0 Å². The van der Waals surface area contributed by atoms with E-state index >= 15 is 0 Å². The van der Waals surface area contributed by atoms with E-state index in [9.17, 15) is 8.42 Å². The van der Waals surface area contributed by atoms with Crippen LogP contribution >= 0.6 is 0 Å². The van der Waals surface area contributed by atoms with Gasteiger partial charge in [0.2, 0.25) is 21.7 Å². The fourth-order valence-electron chi connectivity index (χ4n) is 3.81. The molecule has 4 aromatic rings. The standard InChI is InChI=1S/C21H22N8O3S/c1-16(21-23-20(24-32-21)17-6-3-2-4-7-17)27-10-12-28(13-11-27)33(30,31)19-9-5-8-18(14-19)29-15-22-25-26-29/h2-9,14-16H,10-13H2,1H3. The van der Waals surface area contributed by atoms with Crippen LogP contribution < -0.4 is 0 Å². The van der Waals surface area contributed by atoms with E-state index in [1.54, 1.807) is 24.3 Å². The number of sulfonamides is 1. The zero-order chi connectivity index (χ0) is 22.8. The van der Waals surface area contributed by atoms with Crippen molar-refractivity contribution < 1.29 is 12.9 Å². The van der Waals surface area contributed by atoms with Crippen molar-refractivity contribution in [2.45, 2.75) is 17.9 Å². The van der Waals surface area contributed by atoms with Crippen molar-refractivity contribution in [2.24, 2.45) is 0 Å². The Kier molecular flexibility index (Phi) is 5.70. The van der Waals surface area contributed by atoms with Crippen LogP contribution in [-0.2, 0) is 10.0 Å². The number of aromatic nitrogens is 6. The molecule has 1 saturated heterocycles. The molecule has 1 fully saturated rings. The Labute approximate surface area is 190 Å². The van der Waals surface area contributed by atoms with Crippen molar-refractivity contribution in [1.29, 1.82) is 0 Å². The first kappa shape index (κ1) is 21.4. The van der Waals surface area contributed by atoms with Crippen molar-refractivity contribution in [2.75, 3.05) is 26.2 Å². The van der Waals surface area contributed by atoms with E-state index in [-0.39, 0.29) is 10.9 Å². The van der Waals surface area contributed by atoms with Gasteiger partial charge in [-0.1, -0.05) is 41.6 Å². The molecular formula is C21H22N8O3S. The lowest BCUT2D eigenvalue weighted by Crippen LogP contribution is -2.49. The molecule has 0 radical (unpaired) electrons. The number of nitrogens with zero attached hydrogens (tertiary/aromatic N) is 8. The fourth-order valence-corrected chi connectivity index (χ4v) is 5.27. The van der Waals surface area contributed by atoms with E-state index in [4.69, 9.17) is 4.52 Å². The number of benzene rings is 2. The molecule has 3 heterocycles. The maximum absolute atomic E-state index is 13.2. The van der Waals surface area contributed by atoms with Gasteiger partial charge < -0.3 is 4.52 Å². The van der Waals surface area contributed by atoms with Crippen LogP contribution in [0.5, 0.6) is 0 Å². The number of piperazine rings is 1. The van der Waals surface area contributed by atoms with Gasteiger partial charge in [-0.05, 0) is 35.5 Å². The van der Waals surface area contributed by atoms with Crippen molar-refractivity contribution >= 4 is 10.0 Å². The Bertz CT molecular complexity index is 1320. The molecule has 12 heteroatoms. The summed E-state index contributed by atoms with van der Waals surface area (Å²) in [4.78, 5) is 6.89. The second kappa shape index (κ2) is 8.81. The SMILES string of the molecule is CC(c1nc(-c2ccccc2)no1)N1CCN(S(=O)(=O)c2cccc(-n3cnnn3)c2)CC1. The summed E-state index contributed by atoms with van der Waals surface area (Å²) in [5, 5.41) is 15.1. The highest BCUT2D eigenvalue weighted by Gasteiger charge is 2.32. The lowest BCUT2D eigenvalue weighted by atomic mass is 10.2. The highest BCUT2D eigenvalue weighted by atomic mass is 32.2. The monoisotopic (exact) mass is 466 g/mol. The minimum atomic E-state index is -3.65. The van der Waals surface area contributed by atoms with Crippen LogP contribution in [-0.4, -0.2) is 74.1 Å². The maximum atomic E-state index is 13.2. The lowest BCUT2D eigenvalue weighted by molar-refractivity contribution is 0.124. The van der Waals surface area contributed by atoms with Crippen LogP contribution in [0.1, 0.15) is 18.9 Å². The zero-order valence-electron chi connectivity index (χ0n) is 17.9. The second-order valence-electron chi connectivity index (χ2n) is 7.69. The number of hydrogen-bond acceptors (Lipinski definition) is 9. The summed E-state index contributed by atoms with van der Waals surface area (Å²) in [6.45, 7) is 3.82. The van der Waals surface area contributed by atoms with Gasteiger partial charge >= 0.3 is 0 Å². The van der Waals surface area contributed by atoms with Gasteiger partial charge in [0, 0.05) is 31.7 Å². The van der Waals surface area contributed by atoms with Crippen LogP contribution in [0.2, 0.25) is 0 Å². The minimum Gasteiger partial charge on any atom is -0.337 e. The quantitative estimate of drug-likeness (QED) is 0.418. The summed E-state index contributed by atoms with van der Waals surface area (Å²) < 4.78 is 34.9. The van der Waals surface area contributed by atoms with Crippen molar-refractivity contribution in [1.82, 2.24) is 39.6 Å². The molecule has 0 N–H and O–H groups in total. The molecule has 0 saturated carbocycles. The van der Waals surface area contributed by atoms with Gasteiger partial charge in [-0.25, -0.2) is 13.1 Å². The van der Waals surface area contributed by atoms with Crippen LogP contribution in [0.25, 0.3) is 17.1 Å². The Balaban J connectivity index is 1.26. The summed E-state index contributed by atoms with van der Waals surface area (Å²) >= 11 is 0. The Morgan fingerprint density at radius 3 is 2.52 bits per heavy atom. The Hall–Kier alpha value is -3.48. The Morgan fingerprint density at radius 1 is 1.00 bits per heavy atom. The van der Waals surface area contributed by atoms with Crippen LogP contribution in [0.3, 0.4) is 0 Å². The fraction of sp³-hybridized carbons (Fsp3) is 0.286. The molecular weight excluding hydrogens is 444 g/mol. The average molecular weight is 467 g/mol. The third kappa shape index (κ3) is 4.27. The normalized spacial score (nSPS) is 16.6. The molecule has 0 aliphatic carbocycles. The molecule has 11 nitrogen and oxygen atoms in total. The largest absolute Gasteiger partial charge is 0.337 e. The first-order valence-electron chi connectivity index (χ1n) is 10.5.